The molecular weight excluding hydrogens is 449 g/mol. The second kappa shape index (κ2) is 11.4. The van der Waals surface area contributed by atoms with Gasteiger partial charge >= 0.3 is 5.97 Å². The molecule has 0 saturated carbocycles. The summed E-state index contributed by atoms with van der Waals surface area (Å²) in [5.41, 5.74) is -0.303. The summed E-state index contributed by atoms with van der Waals surface area (Å²) in [6, 6.07) is 6.88. The van der Waals surface area contributed by atoms with Gasteiger partial charge in [0.25, 0.3) is 16.6 Å². The van der Waals surface area contributed by atoms with Gasteiger partial charge in [-0.2, -0.15) is 0 Å². The maximum atomic E-state index is 13.5. The maximum Gasteiger partial charge on any atom is 0.331 e. The largest absolute Gasteiger partial charge is 0.464 e. The summed E-state index contributed by atoms with van der Waals surface area (Å²) in [5, 5.41) is 9.27. The van der Waals surface area contributed by atoms with Crippen molar-refractivity contribution in [1.29, 1.82) is 0 Å². The molecule has 34 heavy (non-hydrogen) atoms. The predicted octanol–water partition coefficient (Wildman–Crippen LogP) is 2.95. The first kappa shape index (κ1) is 26.5. The van der Waals surface area contributed by atoms with E-state index in [4.69, 9.17) is 4.74 Å². The highest BCUT2D eigenvalue weighted by Gasteiger charge is 2.40. The van der Waals surface area contributed by atoms with Crippen molar-refractivity contribution in [3.05, 3.63) is 79.0 Å². The van der Waals surface area contributed by atoms with Crippen molar-refractivity contribution in [2.24, 2.45) is 0 Å². The van der Waals surface area contributed by atoms with Gasteiger partial charge < -0.3 is 19.5 Å². The Bertz CT molecular complexity index is 1100. The lowest BCUT2D eigenvalue weighted by Crippen LogP contribution is -2.54. The second-order valence-corrected chi connectivity index (χ2v) is 8.15. The third-order valence-electron chi connectivity index (χ3n) is 5.32. The molecule has 0 spiro atoms. The number of nitrogens with zero attached hydrogens (tertiary/aromatic N) is 2. The molecule has 2 rings (SSSR count). The van der Waals surface area contributed by atoms with Crippen molar-refractivity contribution in [3.8, 4) is 0 Å². The van der Waals surface area contributed by atoms with Gasteiger partial charge in [-0.05, 0) is 56.5 Å². The number of amides is 1. The van der Waals surface area contributed by atoms with Crippen molar-refractivity contribution in [2.45, 2.75) is 52.6 Å². The van der Waals surface area contributed by atoms with E-state index in [2.05, 4.69) is 9.82 Å². The summed E-state index contributed by atoms with van der Waals surface area (Å²) in [6.45, 7) is 6.05. The summed E-state index contributed by atoms with van der Waals surface area (Å²) >= 11 is 0. The van der Waals surface area contributed by atoms with Crippen molar-refractivity contribution in [2.75, 3.05) is 13.2 Å². The number of pyridine rings is 1. The highest BCUT2D eigenvalue weighted by Crippen LogP contribution is 2.23. The monoisotopic (exact) mass is 477 g/mol. The van der Waals surface area contributed by atoms with E-state index in [1.807, 2.05) is 6.92 Å². The topological polar surface area (TPSA) is 132 Å². The lowest BCUT2D eigenvalue weighted by atomic mass is 9.99. The van der Waals surface area contributed by atoms with Crippen LogP contribution < -0.4 is 5.56 Å². The average Bonchev–Trinajstić information content (AvgIpc) is 2.78. The van der Waals surface area contributed by atoms with E-state index in [9.17, 15) is 28.9 Å². The number of carbonyl (C=O) groups excluding carboxylic acids is 2. The Balaban J connectivity index is 2.35. The number of esters is 1. The third-order valence-corrected chi connectivity index (χ3v) is 5.32. The summed E-state index contributed by atoms with van der Waals surface area (Å²) in [5.74, 6) is -1.93. The molecule has 2 aromatic rings. The molecule has 1 aromatic carbocycles. The zero-order valence-electron chi connectivity index (χ0n) is 19.6. The number of aromatic nitrogens is 1. The number of aryl methyl sites for hydroxylation is 2. The van der Waals surface area contributed by atoms with Gasteiger partial charge in [-0.25, -0.2) is 9.18 Å². The van der Waals surface area contributed by atoms with Gasteiger partial charge in [-0.3, -0.25) is 9.59 Å². The summed E-state index contributed by atoms with van der Waals surface area (Å²) < 4.78 is 18.6. The Morgan fingerprint density at radius 2 is 1.85 bits per heavy atom. The van der Waals surface area contributed by atoms with Crippen LogP contribution >= 0.6 is 0 Å². The molecule has 0 aliphatic heterocycles. The highest BCUT2D eigenvalue weighted by atomic mass is 19.1. The van der Waals surface area contributed by atoms with Gasteiger partial charge in [-0.15, -0.1) is 10.1 Å². The van der Waals surface area contributed by atoms with E-state index in [0.29, 0.717) is 17.7 Å². The second-order valence-electron chi connectivity index (χ2n) is 8.15. The fourth-order valence-corrected chi connectivity index (χ4v) is 3.29. The number of H-pyrrole nitrogens is 1. The van der Waals surface area contributed by atoms with Crippen LogP contribution in [0.3, 0.4) is 0 Å². The molecule has 10 nitrogen and oxygen atoms in total. The minimum Gasteiger partial charge on any atom is -0.464 e. The molecule has 11 heteroatoms. The van der Waals surface area contributed by atoms with Gasteiger partial charge in [0.15, 0.2) is 0 Å². The lowest BCUT2D eigenvalue weighted by molar-refractivity contribution is -0.757. The highest BCUT2D eigenvalue weighted by molar-refractivity contribution is 5.97. The molecule has 0 fully saturated rings. The third kappa shape index (κ3) is 6.63. The zero-order chi connectivity index (χ0) is 25.5. The molecule has 0 radical (unpaired) electrons. The fourth-order valence-electron chi connectivity index (χ4n) is 3.29. The van der Waals surface area contributed by atoms with Crippen LogP contribution in [-0.4, -0.2) is 45.6 Å². The lowest BCUT2D eigenvalue weighted by Gasteiger charge is -2.36. The van der Waals surface area contributed by atoms with Crippen LogP contribution in [0.15, 0.2) is 35.1 Å². The summed E-state index contributed by atoms with van der Waals surface area (Å²) in [7, 11) is 0. The number of hydrogen-bond acceptors (Lipinski definition) is 7. The number of ether oxygens (including phenoxy) is 1. The van der Waals surface area contributed by atoms with Gasteiger partial charge in [0.2, 0.25) is 0 Å². The molecule has 1 aromatic heterocycles. The van der Waals surface area contributed by atoms with Gasteiger partial charge in [-0.1, -0.05) is 19.1 Å². The molecule has 0 unspecified atom stereocenters. The van der Waals surface area contributed by atoms with E-state index in [1.54, 1.807) is 6.92 Å². The Morgan fingerprint density at radius 3 is 2.44 bits per heavy atom. The van der Waals surface area contributed by atoms with Gasteiger partial charge in [0, 0.05) is 18.7 Å². The molecule has 1 amide bonds. The van der Waals surface area contributed by atoms with Crippen LogP contribution in [-0.2, 0) is 27.3 Å². The maximum absolute atomic E-state index is 13.5. The quantitative estimate of drug-likeness (QED) is 0.228. The molecule has 1 N–H and O–H groups in total. The SMILES string of the molecule is CCc1[nH]c(=O)c(C(=O)N(Cc2ccc(F)cc2)C(C)(C)C(=O)OCCCO[N+](=O)[O-])cc1C. The smallest absolute Gasteiger partial charge is 0.331 e. The average molecular weight is 477 g/mol. The predicted molar refractivity (Wildman–Crippen MR) is 120 cm³/mol. The zero-order valence-corrected chi connectivity index (χ0v) is 19.6. The van der Waals surface area contributed by atoms with Gasteiger partial charge in [0.1, 0.15) is 16.9 Å². The summed E-state index contributed by atoms with van der Waals surface area (Å²) in [4.78, 5) is 57.4. The minimum absolute atomic E-state index is 0.0754. The first-order valence-electron chi connectivity index (χ1n) is 10.7. The van der Waals surface area contributed by atoms with E-state index >= 15 is 0 Å². The fraction of sp³-hybridized carbons (Fsp3) is 0.435. The van der Waals surface area contributed by atoms with Crippen LogP contribution in [0.25, 0.3) is 0 Å². The number of halogens is 1. The van der Waals surface area contributed by atoms with Crippen molar-refractivity contribution >= 4 is 11.9 Å². The van der Waals surface area contributed by atoms with Crippen molar-refractivity contribution < 1.29 is 28.6 Å². The molecule has 0 bridgehead atoms. The van der Waals surface area contributed by atoms with Gasteiger partial charge in [0.05, 0.1) is 13.2 Å². The van der Waals surface area contributed by atoms with Crippen LogP contribution in [0, 0.1) is 22.9 Å². The van der Waals surface area contributed by atoms with E-state index < -0.39 is 33.9 Å². The molecule has 0 atom stereocenters. The van der Waals surface area contributed by atoms with Crippen LogP contribution in [0.5, 0.6) is 0 Å². The molecule has 0 aliphatic carbocycles. The normalized spacial score (nSPS) is 11.1. The number of hydrogen-bond donors (Lipinski definition) is 1. The van der Waals surface area contributed by atoms with E-state index in [-0.39, 0.29) is 31.7 Å². The van der Waals surface area contributed by atoms with Crippen molar-refractivity contribution in [1.82, 2.24) is 9.88 Å². The Hall–Kier alpha value is -3.76. The first-order chi connectivity index (χ1) is 16.0. The minimum atomic E-state index is -1.53. The molecule has 1 heterocycles. The van der Waals surface area contributed by atoms with Crippen LogP contribution in [0.2, 0.25) is 0 Å². The number of nitrogens with one attached hydrogen (secondary N) is 1. The number of benzene rings is 1. The van der Waals surface area contributed by atoms with E-state index in [1.165, 1.54) is 49.1 Å². The first-order valence-corrected chi connectivity index (χ1v) is 10.7. The van der Waals surface area contributed by atoms with E-state index in [0.717, 1.165) is 5.56 Å². The molecule has 184 valence electrons. The molecular formula is C23H28FN3O7. The number of carbonyl (C=O) groups is 2. The van der Waals surface area contributed by atoms with Crippen LogP contribution in [0.1, 0.15) is 54.4 Å². The Morgan fingerprint density at radius 1 is 1.21 bits per heavy atom. The number of aromatic amines is 1. The Labute approximate surface area is 195 Å². The summed E-state index contributed by atoms with van der Waals surface area (Å²) in [6.07, 6.45) is 0.652. The molecule has 0 aliphatic rings. The van der Waals surface area contributed by atoms with Crippen molar-refractivity contribution in [3.63, 3.8) is 0 Å². The molecule has 0 saturated heterocycles. The number of rotatable bonds is 11. The standard InChI is InChI=1S/C23H28FN3O7/c1-5-19-15(2)13-18(20(28)25-19)21(29)26(14-16-7-9-17(24)10-8-16)23(3,4)22(30)33-11-6-12-34-27(31)32/h7-10,13H,5-6,11-12,14H2,1-4H3,(H,25,28). The Kier molecular flexibility index (Phi) is 8.88. The van der Waals surface area contributed by atoms with Crippen LogP contribution in [0.4, 0.5) is 4.39 Å².